The maximum absolute atomic E-state index is 4.77. The lowest BCUT2D eigenvalue weighted by Crippen LogP contribution is -1.96. The van der Waals surface area contributed by atoms with Crippen molar-refractivity contribution in [2.24, 2.45) is 0 Å². The molecule has 0 fully saturated rings. The third kappa shape index (κ3) is 2.52. The SMILES string of the molecule is c1ccc2nc(CCc3nc4c(ccc5cccnc54)[nH]3)ccc2c1. The molecule has 0 amide bonds. The minimum Gasteiger partial charge on any atom is -0.342 e. The van der Waals surface area contributed by atoms with Crippen molar-refractivity contribution < 1.29 is 0 Å². The Bertz CT molecular complexity index is 1210. The first-order chi connectivity index (χ1) is 12.4. The Labute approximate surface area is 144 Å². The van der Waals surface area contributed by atoms with Crippen LogP contribution in [0.3, 0.4) is 0 Å². The highest BCUT2D eigenvalue weighted by molar-refractivity contribution is 6.01. The summed E-state index contributed by atoms with van der Waals surface area (Å²) in [6, 6.07) is 20.6. The van der Waals surface area contributed by atoms with Crippen LogP contribution < -0.4 is 0 Å². The van der Waals surface area contributed by atoms with Gasteiger partial charge in [0.1, 0.15) is 11.3 Å². The van der Waals surface area contributed by atoms with Gasteiger partial charge in [-0.25, -0.2) is 4.98 Å². The van der Waals surface area contributed by atoms with E-state index in [-0.39, 0.29) is 0 Å². The van der Waals surface area contributed by atoms with Crippen molar-refractivity contribution in [3.63, 3.8) is 0 Å². The van der Waals surface area contributed by atoms with Gasteiger partial charge in [0.25, 0.3) is 0 Å². The average molecular weight is 324 g/mol. The maximum atomic E-state index is 4.77. The molecular weight excluding hydrogens is 308 g/mol. The van der Waals surface area contributed by atoms with Crippen LogP contribution in [-0.4, -0.2) is 19.9 Å². The molecule has 25 heavy (non-hydrogen) atoms. The molecule has 0 aliphatic rings. The van der Waals surface area contributed by atoms with Crippen molar-refractivity contribution in [3.05, 3.63) is 78.4 Å². The quantitative estimate of drug-likeness (QED) is 0.533. The minimum atomic E-state index is 0.828. The van der Waals surface area contributed by atoms with E-state index in [1.807, 2.05) is 24.4 Å². The zero-order valence-electron chi connectivity index (χ0n) is 13.6. The van der Waals surface area contributed by atoms with Gasteiger partial charge in [0, 0.05) is 29.1 Å². The predicted molar refractivity (Wildman–Crippen MR) is 101 cm³/mol. The van der Waals surface area contributed by atoms with Gasteiger partial charge >= 0.3 is 0 Å². The Hall–Kier alpha value is -3.27. The molecule has 3 aromatic heterocycles. The van der Waals surface area contributed by atoms with Crippen molar-refractivity contribution in [2.75, 3.05) is 0 Å². The van der Waals surface area contributed by atoms with Gasteiger partial charge < -0.3 is 4.98 Å². The number of aromatic nitrogens is 4. The molecular formula is C21H16N4. The van der Waals surface area contributed by atoms with Crippen molar-refractivity contribution in [1.82, 2.24) is 19.9 Å². The number of nitrogens with one attached hydrogen (secondary N) is 1. The number of nitrogens with zero attached hydrogens (tertiary/aromatic N) is 3. The Kier molecular flexibility index (Phi) is 3.20. The maximum Gasteiger partial charge on any atom is 0.115 e. The van der Waals surface area contributed by atoms with Gasteiger partial charge in [-0.3, -0.25) is 9.97 Å². The van der Waals surface area contributed by atoms with Crippen molar-refractivity contribution in [1.29, 1.82) is 0 Å². The first kappa shape index (κ1) is 14.1. The average Bonchev–Trinajstić information content (AvgIpc) is 3.10. The number of benzene rings is 2. The molecule has 4 heteroatoms. The predicted octanol–water partition coefficient (Wildman–Crippen LogP) is 4.44. The van der Waals surface area contributed by atoms with Crippen LogP contribution in [0.15, 0.2) is 66.9 Å². The molecule has 0 saturated carbocycles. The summed E-state index contributed by atoms with van der Waals surface area (Å²) in [6.45, 7) is 0. The molecule has 0 saturated heterocycles. The lowest BCUT2D eigenvalue weighted by molar-refractivity contribution is 0.866. The summed E-state index contributed by atoms with van der Waals surface area (Å²) in [6.07, 6.45) is 3.50. The molecule has 4 nitrogen and oxygen atoms in total. The number of hydrogen-bond donors (Lipinski definition) is 1. The summed E-state index contributed by atoms with van der Waals surface area (Å²) >= 11 is 0. The summed E-state index contributed by atoms with van der Waals surface area (Å²) in [4.78, 5) is 17.4. The number of pyridine rings is 2. The number of para-hydroxylation sites is 1. The topological polar surface area (TPSA) is 54.5 Å². The fraction of sp³-hybridized carbons (Fsp3) is 0.0952. The first-order valence-electron chi connectivity index (χ1n) is 8.44. The summed E-state index contributed by atoms with van der Waals surface area (Å²) in [5.41, 5.74) is 5.06. The van der Waals surface area contributed by atoms with Crippen molar-refractivity contribution >= 4 is 32.8 Å². The van der Waals surface area contributed by atoms with Crippen LogP contribution in [-0.2, 0) is 12.8 Å². The molecule has 0 radical (unpaired) electrons. The van der Waals surface area contributed by atoms with E-state index in [0.29, 0.717) is 0 Å². The molecule has 0 aliphatic carbocycles. The summed E-state index contributed by atoms with van der Waals surface area (Å²) < 4.78 is 0. The highest BCUT2D eigenvalue weighted by atomic mass is 14.9. The Morgan fingerprint density at radius 1 is 0.720 bits per heavy atom. The van der Waals surface area contributed by atoms with Crippen LogP contribution in [0.4, 0.5) is 0 Å². The number of fused-ring (bicyclic) bond motifs is 4. The second-order valence-corrected chi connectivity index (χ2v) is 6.22. The smallest absolute Gasteiger partial charge is 0.115 e. The normalized spacial score (nSPS) is 11.5. The molecule has 0 bridgehead atoms. The van der Waals surface area contributed by atoms with Crippen molar-refractivity contribution in [2.45, 2.75) is 12.8 Å². The zero-order valence-corrected chi connectivity index (χ0v) is 13.6. The van der Waals surface area contributed by atoms with E-state index in [4.69, 9.17) is 9.97 Å². The van der Waals surface area contributed by atoms with Crippen molar-refractivity contribution in [3.8, 4) is 0 Å². The summed E-state index contributed by atoms with van der Waals surface area (Å²) in [7, 11) is 0. The fourth-order valence-corrected chi connectivity index (χ4v) is 3.27. The molecule has 0 unspecified atom stereocenters. The molecule has 1 N–H and O–H groups in total. The van der Waals surface area contributed by atoms with E-state index < -0.39 is 0 Å². The molecule has 5 aromatic rings. The van der Waals surface area contributed by atoms with Crippen LogP contribution in [0.5, 0.6) is 0 Å². The highest BCUT2D eigenvalue weighted by Gasteiger charge is 2.08. The Balaban J connectivity index is 1.46. The second-order valence-electron chi connectivity index (χ2n) is 6.22. The zero-order chi connectivity index (χ0) is 16.6. The fourth-order valence-electron chi connectivity index (χ4n) is 3.27. The lowest BCUT2D eigenvalue weighted by atomic mass is 10.1. The van der Waals surface area contributed by atoms with Gasteiger partial charge in [-0.05, 0) is 30.7 Å². The minimum absolute atomic E-state index is 0.828. The van der Waals surface area contributed by atoms with Crippen LogP contribution >= 0.6 is 0 Å². The summed E-state index contributed by atoms with van der Waals surface area (Å²) in [5.74, 6) is 0.975. The highest BCUT2D eigenvalue weighted by Crippen LogP contribution is 2.22. The summed E-state index contributed by atoms with van der Waals surface area (Å²) in [5, 5.41) is 2.29. The van der Waals surface area contributed by atoms with Crippen LogP contribution in [0.1, 0.15) is 11.5 Å². The number of aryl methyl sites for hydroxylation is 2. The van der Waals surface area contributed by atoms with E-state index in [0.717, 1.165) is 51.8 Å². The van der Waals surface area contributed by atoms with Crippen LogP contribution in [0, 0.1) is 0 Å². The van der Waals surface area contributed by atoms with Gasteiger partial charge in [-0.15, -0.1) is 0 Å². The first-order valence-corrected chi connectivity index (χ1v) is 8.44. The Morgan fingerprint density at radius 3 is 2.60 bits per heavy atom. The van der Waals surface area contributed by atoms with E-state index in [1.165, 1.54) is 5.39 Å². The second kappa shape index (κ2) is 5.67. The number of H-pyrrole nitrogens is 1. The Morgan fingerprint density at radius 2 is 1.60 bits per heavy atom. The molecule has 0 atom stereocenters. The van der Waals surface area contributed by atoms with Gasteiger partial charge in [-0.2, -0.15) is 0 Å². The third-order valence-electron chi connectivity index (χ3n) is 4.55. The van der Waals surface area contributed by atoms with Gasteiger partial charge in [0.2, 0.25) is 0 Å². The van der Waals surface area contributed by atoms with E-state index in [9.17, 15) is 0 Å². The standard InChI is InChI=1S/C21H16N4/c1-2-6-17-14(4-1)7-9-16(23-17)10-12-19-24-18-11-8-15-5-3-13-22-20(15)21(18)25-19/h1-9,11,13H,10,12H2,(H,24,25). The monoisotopic (exact) mass is 324 g/mol. The molecule has 0 spiro atoms. The molecule has 3 heterocycles. The number of rotatable bonds is 3. The largest absolute Gasteiger partial charge is 0.342 e. The molecule has 2 aromatic carbocycles. The van der Waals surface area contributed by atoms with Crippen LogP contribution in [0.2, 0.25) is 0 Å². The number of aromatic amines is 1. The van der Waals surface area contributed by atoms with Crippen LogP contribution in [0.25, 0.3) is 32.8 Å². The molecule has 0 aliphatic heterocycles. The van der Waals surface area contributed by atoms with E-state index in [1.54, 1.807) is 0 Å². The van der Waals surface area contributed by atoms with Gasteiger partial charge in [0.15, 0.2) is 0 Å². The third-order valence-corrected chi connectivity index (χ3v) is 4.55. The van der Waals surface area contributed by atoms with Gasteiger partial charge in [-0.1, -0.05) is 36.4 Å². The number of hydrogen-bond acceptors (Lipinski definition) is 3. The van der Waals surface area contributed by atoms with E-state index in [2.05, 4.69) is 52.4 Å². The number of imidazole rings is 1. The molecule has 120 valence electrons. The molecule has 5 rings (SSSR count). The van der Waals surface area contributed by atoms with E-state index >= 15 is 0 Å². The van der Waals surface area contributed by atoms with Gasteiger partial charge in [0.05, 0.1) is 16.6 Å². The lowest BCUT2D eigenvalue weighted by Gasteiger charge is -2.01.